The van der Waals surface area contributed by atoms with Crippen LogP contribution in [-0.2, 0) is 0 Å². The standard InChI is InChI=1S/C14H12F2N2S/c1-18(13-5-3-2-4-11(13)15)9-6-7-10(14(17)19)12(16)8-9/h2-8H,1H3,(H2,17,19). The summed E-state index contributed by atoms with van der Waals surface area (Å²) in [6.07, 6.45) is 0. The second-order valence-electron chi connectivity index (χ2n) is 4.04. The number of nitrogens with zero attached hydrogens (tertiary/aromatic N) is 1. The van der Waals surface area contributed by atoms with E-state index >= 15 is 0 Å². The van der Waals surface area contributed by atoms with Crippen LogP contribution in [0, 0.1) is 11.6 Å². The fourth-order valence-electron chi connectivity index (χ4n) is 1.78. The maximum absolute atomic E-state index is 13.8. The number of thiocarbonyl (C=S) groups is 1. The number of para-hydroxylation sites is 1. The number of anilines is 2. The molecule has 0 aliphatic rings. The molecule has 0 saturated heterocycles. The Morgan fingerprint density at radius 2 is 1.79 bits per heavy atom. The van der Waals surface area contributed by atoms with E-state index in [-0.39, 0.29) is 16.4 Å². The van der Waals surface area contributed by atoms with E-state index in [0.29, 0.717) is 11.4 Å². The van der Waals surface area contributed by atoms with Crippen LogP contribution in [0.4, 0.5) is 20.2 Å². The van der Waals surface area contributed by atoms with E-state index in [2.05, 4.69) is 0 Å². The largest absolute Gasteiger partial charge is 0.389 e. The van der Waals surface area contributed by atoms with E-state index < -0.39 is 5.82 Å². The van der Waals surface area contributed by atoms with Crippen LogP contribution in [0.5, 0.6) is 0 Å². The van der Waals surface area contributed by atoms with Crippen molar-refractivity contribution in [1.82, 2.24) is 0 Å². The summed E-state index contributed by atoms with van der Waals surface area (Å²) in [6.45, 7) is 0. The molecule has 0 aromatic heterocycles. The summed E-state index contributed by atoms with van der Waals surface area (Å²) in [7, 11) is 1.66. The van der Waals surface area contributed by atoms with Gasteiger partial charge in [-0.15, -0.1) is 0 Å². The Bertz CT molecular complexity index is 629. The second kappa shape index (κ2) is 5.32. The van der Waals surface area contributed by atoms with Crippen molar-refractivity contribution in [3.63, 3.8) is 0 Å². The van der Waals surface area contributed by atoms with Crippen LogP contribution in [-0.4, -0.2) is 12.0 Å². The maximum Gasteiger partial charge on any atom is 0.146 e. The molecule has 0 saturated carbocycles. The summed E-state index contributed by atoms with van der Waals surface area (Å²) in [5.41, 5.74) is 6.46. The Morgan fingerprint density at radius 1 is 1.11 bits per heavy atom. The van der Waals surface area contributed by atoms with Gasteiger partial charge in [0.1, 0.15) is 16.6 Å². The minimum absolute atomic E-state index is 0.00223. The molecule has 2 nitrogen and oxygen atoms in total. The molecule has 19 heavy (non-hydrogen) atoms. The topological polar surface area (TPSA) is 29.3 Å². The SMILES string of the molecule is CN(c1ccc(C(N)=S)c(F)c1)c1ccccc1F. The number of hydrogen-bond acceptors (Lipinski definition) is 2. The highest BCUT2D eigenvalue weighted by Crippen LogP contribution is 2.27. The van der Waals surface area contributed by atoms with Gasteiger partial charge in [0.2, 0.25) is 0 Å². The third kappa shape index (κ3) is 2.71. The van der Waals surface area contributed by atoms with E-state index in [0.717, 1.165) is 0 Å². The quantitative estimate of drug-likeness (QED) is 0.873. The molecule has 0 radical (unpaired) electrons. The molecular formula is C14H12F2N2S. The van der Waals surface area contributed by atoms with Crippen LogP contribution in [0.15, 0.2) is 42.5 Å². The third-order valence-corrected chi connectivity index (χ3v) is 3.04. The lowest BCUT2D eigenvalue weighted by Crippen LogP contribution is -2.14. The summed E-state index contributed by atoms with van der Waals surface area (Å²) in [5, 5.41) is 0. The van der Waals surface area contributed by atoms with Gasteiger partial charge >= 0.3 is 0 Å². The average Bonchev–Trinajstić information content (AvgIpc) is 2.38. The van der Waals surface area contributed by atoms with Gasteiger partial charge in [0.15, 0.2) is 0 Å². The monoisotopic (exact) mass is 278 g/mol. The Morgan fingerprint density at radius 3 is 2.37 bits per heavy atom. The van der Waals surface area contributed by atoms with Crippen molar-refractivity contribution in [2.24, 2.45) is 5.73 Å². The van der Waals surface area contributed by atoms with Crippen molar-refractivity contribution >= 4 is 28.6 Å². The minimum atomic E-state index is -0.520. The number of nitrogens with two attached hydrogens (primary N) is 1. The molecule has 0 atom stereocenters. The van der Waals surface area contributed by atoms with Crippen LogP contribution in [0.25, 0.3) is 0 Å². The molecule has 0 unspecified atom stereocenters. The van der Waals surface area contributed by atoms with Crippen molar-refractivity contribution in [3.05, 3.63) is 59.7 Å². The van der Waals surface area contributed by atoms with Gasteiger partial charge in [-0.05, 0) is 30.3 Å². The summed E-state index contributed by atoms with van der Waals surface area (Å²) in [4.78, 5) is 1.56. The van der Waals surface area contributed by atoms with Gasteiger partial charge < -0.3 is 10.6 Å². The number of hydrogen-bond donors (Lipinski definition) is 1. The molecular weight excluding hydrogens is 266 g/mol. The Labute approximate surface area is 115 Å². The van der Waals surface area contributed by atoms with Crippen LogP contribution >= 0.6 is 12.2 Å². The Balaban J connectivity index is 2.40. The maximum atomic E-state index is 13.8. The first-order chi connectivity index (χ1) is 9.00. The second-order valence-corrected chi connectivity index (χ2v) is 4.48. The number of benzene rings is 2. The summed E-state index contributed by atoms with van der Waals surface area (Å²) in [5.74, 6) is -0.892. The first kappa shape index (κ1) is 13.4. The fourth-order valence-corrected chi connectivity index (χ4v) is 1.94. The summed E-state index contributed by atoms with van der Waals surface area (Å²) >= 11 is 4.74. The molecule has 2 rings (SSSR count). The van der Waals surface area contributed by atoms with Gasteiger partial charge in [0, 0.05) is 18.3 Å². The molecule has 98 valence electrons. The molecule has 0 amide bonds. The molecule has 5 heteroatoms. The fraction of sp³-hybridized carbons (Fsp3) is 0.0714. The summed E-state index contributed by atoms with van der Waals surface area (Å²) < 4.78 is 27.4. The molecule has 0 aliphatic carbocycles. The van der Waals surface area contributed by atoms with Crippen molar-refractivity contribution in [3.8, 4) is 0 Å². The predicted molar refractivity (Wildman–Crippen MR) is 76.8 cm³/mol. The molecule has 0 bridgehead atoms. The number of rotatable bonds is 3. The Hall–Kier alpha value is -2.01. The highest BCUT2D eigenvalue weighted by Gasteiger charge is 2.12. The van der Waals surface area contributed by atoms with Gasteiger partial charge in [-0.1, -0.05) is 24.4 Å². The van der Waals surface area contributed by atoms with E-state index in [1.54, 1.807) is 36.2 Å². The van der Waals surface area contributed by atoms with Crippen molar-refractivity contribution in [1.29, 1.82) is 0 Å². The van der Waals surface area contributed by atoms with E-state index in [9.17, 15) is 8.78 Å². The molecule has 2 aromatic carbocycles. The lowest BCUT2D eigenvalue weighted by molar-refractivity contribution is 0.622. The van der Waals surface area contributed by atoms with Crippen LogP contribution in [0.1, 0.15) is 5.56 Å². The average molecular weight is 278 g/mol. The smallest absolute Gasteiger partial charge is 0.146 e. The highest BCUT2D eigenvalue weighted by atomic mass is 32.1. The van der Waals surface area contributed by atoms with Gasteiger partial charge in [0.05, 0.1) is 5.69 Å². The van der Waals surface area contributed by atoms with Gasteiger partial charge in [0.25, 0.3) is 0 Å². The van der Waals surface area contributed by atoms with Gasteiger partial charge in [-0.25, -0.2) is 8.78 Å². The lowest BCUT2D eigenvalue weighted by Gasteiger charge is -2.20. The first-order valence-corrected chi connectivity index (χ1v) is 5.99. The molecule has 2 N–H and O–H groups in total. The highest BCUT2D eigenvalue weighted by molar-refractivity contribution is 7.80. The Kier molecular flexibility index (Phi) is 3.76. The molecule has 0 spiro atoms. The zero-order chi connectivity index (χ0) is 14.0. The zero-order valence-corrected chi connectivity index (χ0v) is 11.0. The van der Waals surface area contributed by atoms with Crippen LogP contribution in [0.2, 0.25) is 0 Å². The third-order valence-electron chi connectivity index (χ3n) is 2.82. The summed E-state index contributed by atoms with van der Waals surface area (Å²) in [6, 6.07) is 10.7. The van der Waals surface area contributed by atoms with Gasteiger partial charge in [-0.3, -0.25) is 0 Å². The van der Waals surface area contributed by atoms with E-state index in [1.165, 1.54) is 18.2 Å². The zero-order valence-electron chi connectivity index (χ0n) is 10.2. The van der Waals surface area contributed by atoms with Crippen molar-refractivity contribution in [2.45, 2.75) is 0 Å². The normalized spacial score (nSPS) is 10.3. The van der Waals surface area contributed by atoms with Crippen LogP contribution in [0.3, 0.4) is 0 Å². The molecule has 0 heterocycles. The predicted octanol–water partition coefficient (Wildman–Crippen LogP) is 3.37. The van der Waals surface area contributed by atoms with E-state index in [1.807, 2.05) is 0 Å². The van der Waals surface area contributed by atoms with Crippen LogP contribution < -0.4 is 10.6 Å². The first-order valence-electron chi connectivity index (χ1n) is 5.58. The molecule has 0 fully saturated rings. The molecule has 2 aromatic rings. The van der Waals surface area contributed by atoms with Crippen molar-refractivity contribution in [2.75, 3.05) is 11.9 Å². The van der Waals surface area contributed by atoms with Crippen molar-refractivity contribution < 1.29 is 8.78 Å². The van der Waals surface area contributed by atoms with E-state index in [4.69, 9.17) is 18.0 Å². The number of halogens is 2. The minimum Gasteiger partial charge on any atom is -0.389 e. The lowest BCUT2D eigenvalue weighted by atomic mass is 10.1. The van der Waals surface area contributed by atoms with Gasteiger partial charge in [-0.2, -0.15) is 0 Å². The molecule has 0 aliphatic heterocycles.